The zero-order chi connectivity index (χ0) is 27.9. The molecule has 0 aromatic heterocycles. The van der Waals surface area contributed by atoms with Crippen LogP contribution in [0.1, 0.15) is 43.2 Å². The van der Waals surface area contributed by atoms with Gasteiger partial charge in [-0.15, -0.1) is 0 Å². The van der Waals surface area contributed by atoms with E-state index in [-0.39, 0.29) is 34.4 Å². The van der Waals surface area contributed by atoms with Crippen molar-refractivity contribution in [3.8, 4) is 17.2 Å². The fourth-order valence-electron chi connectivity index (χ4n) is 5.40. The average molecular weight is 539 g/mol. The molecule has 212 valence electrons. The van der Waals surface area contributed by atoms with E-state index in [1.807, 2.05) is 15.9 Å². The Labute approximate surface area is 230 Å². The fraction of sp³-hybridized carbons (Fsp3) is 0.533. The average Bonchev–Trinajstić information content (AvgIpc) is 2.93. The number of carbonyl (C=O) groups excluding carboxylic acids is 2. The lowest BCUT2D eigenvalue weighted by Gasteiger charge is -2.32. The summed E-state index contributed by atoms with van der Waals surface area (Å²) < 4.78 is 0. The molecule has 9 heteroatoms. The molecule has 2 aliphatic heterocycles. The zero-order valence-corrected chi connectivity index (χ0v) is 23.2. The summed E-state index contributed by atoms with van der Waals surface area (Å²) in [5.74, 6) is 0.0952. The number of nitrogens with zero attached hydrogens (tertiary/aromatic N) is 4. The van der Waals surface area contributed by atoms with Crippen molar-refractivity contribution >= 4 is 28.7 Å². The zero-order valence-electron chi connectivity index (χ0n) is 23.2. The van der Waals surface area contributed by atoms with Crippen molar-refractivity contribution in [1.29, 1.82) is 0 Å². The van der Waals surface area contributed by atoms with Crippen molar-refractivity contribution in [3.05, 3.63) is 35.4 Å². The van der Waals surface area contributed by atoms with Crippen molar-refractivity contribution in [2.45, 2.75) is 38.5 Å². The second-order valence-corrected chi connectivity index (χ2v) is 10.8. The van der Waals surface area contributed by atoms with Crippen LogP contribution in [0.25, 0.3) is 16.8 Å². The minimum atomic E-state index is -0.107. The third-order valence-corrected chi connectivity index (χ3v) is 7.99. The highest BCUT2D eigenvalue weighted by atomic mass is 16.3. The third kappa shape index (κ3) is 7.02. The lowest BCUT2D eigenvalue weighted by molar-refractivity contribution is -0.133. The lowest BCUT2D eigenvalue weighted by atomic mass is 9.93. The number of hydrogen-bond acceptors (Lipinski definition) is 7. The van der Waals surface area contributed by atoms with Crippen LogP contribution in [-0.4, -0.2) is 113 Å². The van der Waals surface area contributed by atoms with E-state index in [9.17, 15) is 24.9 Å². The molecule has 0 radical (unpaired) electrons. The number of likely N-dealkylation sites (N-methyl/N-ethyl adjacent to an activating group) is 2. The molecule has 2 aromatic carbocycles. The topological polar surface area (TPSA) is 108 Å². The lowest BCUT2D eigenvalue weighted by Crippen LogP contribution is -2.47. The Morgan fingerprint density at radius 1 is 0.795 bits per heavy atom. The van der Waals surface area contributed by atoms with Crippen LogP contribution in [-0.2, 0) is 16.0 Å². The number of piperazine rings is 2. The number of amides is 2. The monoisotopic (exact) mass is 538 g/mol. The van der Waals surface area contributed by atoms with Gasteiger partial charge in [0.1, 0.15) is 17.2 Å². The van der Waals surface area contributed by atoms with Crippen LogP contribution in [0, 0.1) is 0 Å². The van der Waals surface area contributed by atoms with Crippen molar-refractivity contribution in [2.24, 2.45) is 0 Å². The van der Waals surface area contributed by atoms with Crippen molar-refractivity contribution in [3.63, 3.8) is 0 Å². The molecule has 0 atom stereocenters. The summed E-state index contributed by atoms with van der Waals surface area (Å²) in [6.07, 6.45) is 6.72. The SMILES string of the molecule is CN1CCN(C(=O)CC/C=C/c2c(CCCCC(=O)N3CCN(C)CC3)c(O)c3cccc(O)c3c2O)CC1. The molecule has 39 heavy (non-hydrogen) atoms. The Hall–Kier alpha value is -3.30. The molecule has 0 spiro atoms. The van der Waals surface area contributed by atoms with Gasteiger partial charge in [-0.2, -0.15) is 0 Å². The summed E-state index contributed by atoms with van der Waals surface area (Å²) in [6, 6.07) is 4.79. The number of aromatic hydroxyl groups is 3. The molecule has 2 saturated heterocycles. The second kappa shape index (κ2) is 13.2. The molecule has 2 aliphatic rings. The number of fused-ring (bicyclic) bond motifs is 1. The minimum Gasteiger partial charge on any atom is -0.507 e. The molecule has 2 fully saturated rings. The smallest absolute Gasteiger partial charge is 0.222 e. The molecule has 0 bridgehead atoms. The Balaban J connectivity index is 1.43. The van der Waals surface area contributed by atoms with Gasteiger partial charge < -0.3 is 34.9 Å². The van der Waals surface area contributed by atoms with E-state index in [4.69, 9.17) is 0 Å². The van der Waals surface area contributed by atoms with E-state index < -0.39 is 0 Å². The van der Waals surface area contributed by atoms with Crippen LogP contribution >= 0.6 is 0 Å². The van der Waals surface area contributed by atoms with Gasteiger partial charge in [0.15, 0.2) is 0 Å². The van der Waals surface area contributed by atoms with Gasteiger partial charge >= 0.3 is 0 Å². The molecule has 2 aromatic rings. The van der Waals surface area contributed by atoms with Crippen LogP contribution in [0.5, 0.6) is 17.2 Å². The molecule has 0 aliphatic carbocycles. The van der Waals surface area contributed by atoms with Gasteiger partial charge in [0.05, 0.1) is 5.39 Å². The Morgan fingerprint density at radius 3 is 2.00 bits per heavy atom. The van der Waals surface area contributed by atoms with E-state index in [1.165, 1.54) is 6.07 Å². The number of phenols is 3. The van der Waals surface area contributed by atoms with Crippen molar-refractivity contribution < 1.29 is 24.9 Å². The van der Waals surface area contributed by atoms with E-state index >= 15 is 0 Å². The molecule has 0 unspecified atom stereocenters. The van der Waals surface area contributed by atoms with Gasteiger partial charge in [0.2, 0.25) is 11.8 Å². The molecule has 9 nitrogen and oxygen atoms in total. The number of carbonyl (C=O) groups is 2. The summed E-state index contributed by atoms with van der Waals surface area (Å²) in [4.78, 5) is 33.5. The predicted molar refractivity (Wildman–Crippen MR) is 153 cm³/mol. The summed E-state index contributed by atoms with van der Waals surface area (Å²) in [5, 5.41) is 33.3. The van der Waals surface area contributed by atoms with Gasteiger partial charge in [0.25, 0.3) is 0 Å². The van der Waals surface area contributed by atoms with Gasteiger partial charge in [0, 0.05) is 81.7 Å². The number of unbranched alkanes of at least 4 members (excludes halogenated alkanes) is 1. The number of benzene rings is 2. The van der Waals surface area contributed by atoms with E-state index in [1.54, 1.807) is 18.2 Å². The van der Waals surface area contributed by atoms with Crippen LogP contribution < -0.4 is 0 Å². The molecule has 2 heterocycles. The maximum absolute atomic E-state index is 12.6. The normalized spacial score (nSPS) is 17.4. The number of phenolic OH excluding ortho intramolecular Hbond substituents is 3. The minimum absolute atomic E-state index is 0.0252. The maximum Gasteiger partial charge on any atom is 0.222 e. The maximum atomic E-state index is 12.6. The first-order valence-electron chi connectivity index (χ1n) is 14.0. The first kappa shape index (κ1) is 28.7. The van der Waals surface area contributed by atoms with Crippen molar-refractivity contribution in [2.75, 3.05) is 66.5 Å². The highest BCUT2D eigenvalue weighted by Crippen LogP contribution is 2.44. The fourth-order valence-corrected chi connectivity index (χ4v) is 5.40. The quantitative estimate of drug-likeness (QED) is 0.333. The first-order valence-corrected chi connectivity index (χ1v) is 14.0. The Kier molecular flexibility index (Phi) is 9.69. The largest absolute Gasteiger partial charge is 0.507 e. The van der Waals surface area contributed by atoms with Crippen molar-refractivity contribution in [1.82, 2.24) is 19.6 Å². The summed E-state index contributed by atoms with van der Waals surface area (Å²) >= 11 is 0. The molecule has 3 N–H and O–H groups in total. The Morgan fingerprint density at radius 2 is 1.38 bits per heavy atom. The van der Waals surface area contributed by atoms with Gasteiger partial charge in [-0.1, -0.05) is 24.3 Å². The van der Waals surface area contributed by atoms with E-state index in [2.05, 4.69) is 23.9 Å². The van der Waals surface area contributed by atoms with Gasteiger partial charge in [-0.25, -0.2) is 0 Å². The van der Waals surface area contributed by atoms with Crippen LogP contribution in [0.4, 0.5) is 0 Å². The molecule has 4 rings (SSSR count). The summed E-state index contributed by atoms with van der Waals surface area (Å²) in [6.45, 7) is 6.51. The van der Waals surface area contributed by atoms with Gasteiger partial charge in [-0.05, 0) is 45.8 Å². The standard InChI is InChI=1S/C30H42N4O5/c1-31-14-18-33(19-15-31)26(36)12-5-3-8-22-23(30(39)28-24(29(22)38)10-7-11-25(28)35)9-4-6-13-27(37)34-20-16-32(2)17-21-34/h4,7,9-11,35,38-39H,3,5-6,8,12-21H2,1-2H3/b9-4+. The summed E-state index contributed by atoms with van der Waals surface area (Å²) in [7, 11) is 4.11. The van der Waals surface area contributed by atoms with E-state index in [0.717, 1.165) is 52.4 Å². The summed E-state index contributed by atoms with van der Waals surface area (Å²) in [5.41, 5.74) is 1.03. The predicted octanol–water partition coefficient (Wildman–Crippen LogP) is 3.01. The van der Waals surface area contributed by atoms with Crippen LogP contribution in [0.2, 0.25) is 0 Å². The molecule has 2 amide bonds. The number of hydrogen-bond donors (Lipinski definition) is 3. The second-order valence-electron chi connectivity index (χ2n) is 10.8. The highest BCUT2D eigenvalue weighted by Gasteiger charge is 2.22. The Bertz CT molecular complexity index is 1200. The van der Waals surface area contributed by atoms with E-state index in [0.29, 0.717) is 55.0 Å². The first-order chi connectivity index (χ1) is 18.8. The van der Waals surface area contributed by atoms with Crippen LogP contribution in [0.15, 0.2) is 24.3 Å². The van der Waals surface area contributed by atoms with Gasteiger partial charge in [-0.3, -0.25) is 9.59 Å². The van der Waals surface area contributed by atoms with Crippen LogP contribution in [0.3, 0.4) is 0 Å². The molecular formula is C30H42N4O5. The molecular weight excluding hydrogens is 496 g/mol. The molecule has 0 saturated carbocycles. The highest BCUT2D eigenvalue weighted by molar-refractivity contribution is 6.01. The third-order valence-electron chi connectivity index (χ3n) is 7.99. The number of rotatable bonds is 9. The number of allylic oxidation sites excluding steroid dienone is 1.